The molecule has 2 N–H and O–H groups in total. The Bertz CT molecular complexity index is 810. The molecule has 7 heteroatoms. The van der Waals surface area contributed by atoms with Crippen LogP contribution >= 0.6 is 0 Å². The van der Waals surface area contributed by atoms with Gasteiger partial charge in [-0.25, -0.2) is 9.59 Å². The van der Waals surface area contributed by atoms with Gasteiger partial charge in [-0.2, -0.15) is 0 Å². The number of carbonyl (C=O) groups is 3. The summed E-state index contributed by atoms with van der Waals surface area (Å²) < 4.78 is 4.95. The topological polar surface area (TPSA) is 87.7 Å². The number of hydrogen-bond donors (Lipinski definition) is 2. The summed E-state index contributed by atoms with van der Waals surface area (Å²) in [7, 11) is 1.33. The highest BCUT2D eigenvalue weighted by Crippen LogP contribution is 2.32. The molecule has 0 aromatic heterocycles. The Morgan fingerprint density at radius 3 is 2.41 bits per heavy atom. The second-order valence-corrected chi connectivity index (χ2v) is 7.56. The minimum atomic E-state index is -0.596. The van der Waals surface area contributed by atoms with Crippen molar-refractivity contribution in [2.45, 2.75) is 52.0 Å². The summed E-state index contributed by atoms with van der Waals surface area (Å²) in [5.41, 5.74) is 2.46. The molecule has 1 heterocycles. The third kappa shape index (κ3) is 4.44. The summed E-state index contributed by atoms with van der Waals surface area (Å²) in [4.78, 5) is 38.8. The molecule has 7 nitrogen and oxygen atoms in total. The number of ether oxygens (including phenoxy) is 1. The fourth-order valence-corrected chi connectivity index (χ4v) is 4.15. The highest BCUT2D eigenvalue weighted by atomic mass is 16.5. The van der Waals surface area contributed by atoms with E-state index >= 15 is 0 Å². The van der Waals surface area contributed by atoms with Gasteiger partial charge in [0, 0.05) is 23.8 Å². The van der Waals surface area contributed by atoms with Crippen molar-refractivity contribution in [1.29, 1.82) is 0 Å². The molecule has 0 bridgehead atoms. The fraction of sp³-hybridized carbons (Fsp3) is 0.500. The van der Waals surface area contributed by atoms with E-state index in [9.17, 15) is 14.4 Å². The largest absolute Gasteiger partial charge is 0.466 e. The van der Waals surface area contributed by atoms with Gasteiger partial charge in [-0.05, 0) is 44.4 Å². The van der Waals surface area contributed by atoms with Crippen LogP contribution in [0.1, 0.15) is 57.6 Å². The second-order valence-electron chi connectivity index (χ2n) is 7.56. The Kier molecular flexibility index (Phi) is 6.56. The molecule has 1 unspecified atom stereocenters. The van der Waals surface area contributed by atoms with Gasteiger partial charge in [0.1, 0.15) is 0 Å². The van der Waals surface area contributed by atoms with Crippen molar-refractivity contribution < 1.29 is 19.1 Å². The number of hydrogen-bond acceptors (Lipinski definition) is 4. The quantitative estimate of drug-likeness (QED) is 0.739. The SMILES string of the molecule is CCN1C(=O)NC(c2ccc(NC(=O)C3CCCCC3)cc2)C(C(=O)OC)=C1C. The van der Waals surface area contributed by atoms with Crippen LogP contribution in [-0.4, -0.2) is 36.5 Å². The van der Waals surface area contributed by atoms with E-state index in [1.54, 1.807) is 19.1 Å². The van der Waals surface area contributed by atoms with E-state index in [1.807, 2.05) is 19.1 Å². The molecule has 0 spiro atoms. The van der Waals surface area contributed by atoms with E-state index in [0.29, 0.717) is 23.5 Å². The average molecular weight is 399 g/mol. The molecule has 3 rings (SSSR count). The van der Waals surface area contributed by atoms with Gasteiger partial charge in [0.05, 0.1) is 18.7 Å². The molecule has 1 aromatic rings. The highest BCUT2D eigenvalue weighted by Gasteiger charge is 2.35. The van der Waals surface area contributed by atoms with Gasteiger partial charge in [-0.15, -0.1) is 0 Å². The Morgan fingerprint density at radius 2 is 1.83 bits per heavy atom. The van der Waals surface area contributed by atoms with E-state index < -0.39 is 12.0 Å². The van der Waals surface area contributed by atoms with Crippen LogP contribution in [0.4, 0.5) is 10.5 Å². The molecule has 1 aliphatic heterocycles. The van der Waals surface area contributed by atoms with Gasteiger partial charge < -0.3 is 15.4 Å². The molecule has 0 saturated heterocycles. The van der Waals surface area contributed by atoms with Crippen molar-refractivity contribution in [2.24, 2.45) is 5.92 Å². The number of anilines is 1. The standard InChI is InChI=1S/C22H29N3O4/c1-4-25-14(2)18(21(27)29-3)19(24-22(25)28)15-10-12-17(13-11-15)23-20(26)16-8-6-5-7-9-16/h10-13,16,19H,4-9H2,1-3H3,(H,23,26)(H,24,28). The smallest absolute Gasteiger partial charge is 0.337 e. The van der Waals surface area contributed by atoms with Crippen LogP contribution < -0.4 is 10.6 Å². The molecule has 1 saturated carbocycles. The minimum absolute atomic E-state index is 0.0630. The molecule has 0 radical (unpaired) electrons. The molecular weight excluding hydrogens is 370 g/mol. The Labute approximate surface area is 171 Å². The highest BCUT2D eigenvalue weighted by molar-refractivity contribution is 5.95. The zero-order valence-electron chi connectivity index (χ0n) is 17.3. The summed E-state index contributed by atoms with van der Waals surface area (Å²) in [6.45, 7) is 4.05. The lowest BCUT2D eigenvalue weighted by atomic mass is 9.88. The van der Waals surface area contributed by atoms with Gasteiger partial charge in [-0.3, -0.25) is 9.69 Å². The summed E-state index contributed by atoms with van der Waals surface area (Å²) >= 11 is 0. The minimum Gasteiger partial charge on any atom is -0.466 e. The van der Waals surface area contributed by atoms with Gasteiger partial charge in [0.2, 0.25) is 5.91 Å². The third-order valence-corrected chi connectivity index (χ3v) is 5.81. The van der Waals surface area contributed by atoms with Gasteiger partial charge in [0.15, 0.2) is 0 Å². The Hall–Kier alpha value is -2.83. The molecule has 1 fully saturated rings. The predicted molar refractivity (Wildman–Crippen MR) is 110 cm³/mol. The lowest BCUT2D eigenvalue weighted by Gasteiger charge is -2.34. The number of methoxy groups -OCH3 is 1. The number of benzene rings is 1. The van der Waals surface area contributed by atoms with Crippen molar-refractivity contribution in [3.63, 3.8) is 0 Å². The summed E-state index contributed by atoms with van der Waals surface area (Å²) in [6, 6.07) is 6.40. The Balaban J connectivity index is 1.80. The monoisotopic (exact) mass is 399 g/mol. The maximum absolute atomic E-state index is 12.4. The van der Waals surface area contributed by atoms with E-state index in [1.165, 1.54) is 18.4 Å². The number of amides is 3. The predicted octanol–water partition coefficient (Wildman–Crippen LogP) is 3.74. The van der Waals surface area contributed by atoms with E-state index in [2.05, 4.69) is 10.6 Å². The van der Waals surface area contributed by atoms with Gasteiger partial charge >= 0.3 is 12.0 Å². The van der Waals surface area contributed by atoms with Crippen LogP contribution in [0.2, 0.25) is 0 Å². The number of nitrogens with zero attached hydrogens (tertiary/aromatic N) is 1. The lowest BCUT2D eigenvalue weighted by molar-refractivity contribution is -0.136. The fourth-order valence-electron chi connectivity index (χ4n) is 4.15. The average Bonchev–Trinajstić information content (AvgIpc) is 2.74. The van der Waals surface area contributed by atoms with Crippen molar-refractivity contribution >= 4 is 23.6 Å². The molecule has 1 aliphatic carbocycles. The molecular formula is C22H29N3O4. The third-order valence-electron chi connectivity index (χ3n) is 5.81. The van der Waals surface area contributed by atoms with E-state index in [0.717, 1.165) is 31.2 Å². The number of nitrogens with one attached hydrogen (secondary N) is 2. The van der Waals surface area contributed by atoms with E-state index in [-0.39, 0.29) is 17.9 Å². The first-order valence-corrected chi connectivity index (χ1v) is 10.2. The van der Waals surface area contributed by atoms with Crippen molar-refractivity contribution in [1.82, 2.24) is 10.2 Å². The van der Waals surface area contributed by atoms with Gasteiger partial charge in [0.25, 0.3) is 0 Å². The van der Waals surface area contributed by atoms with Crippen LogP contribution in [0.5, 0.6) is 0 Å². The molecule has 3 amide bonds. The van der Waals surface area contributed by atoms with Crippen LogP contribution in [-0.2, 0) is 14.3 Å². The Morgan fingerprint density at radius 1 is 1.17 bits per heavy atom. The van der Waals surface area contributed by atoms with Crippen LogP contribution in [0.15, 0.2) is 35.5 Å². The first kappa shape index (κ1) is 20.9. The van der Waals surface area contributed by atoms with Crippen LogP contribution in [0.25, 0.3) is 0 Å². The first-order valence-electron chi connectivity index (χ1n) is 10.2. The second kappa shape index (κ2) is 9.11. The summed E-state index contributed by atoms with van der Waals surface area (Å²) in [5.74, 6) is -0.328. The normalized spacial score (nSPS) is 20.3. The zero-order chi connectivity index (χ0) is 21.0. The molecule has 1 atom stereocenters. The number of urea groups is 1. The van der Waals surface area contributed by atoms with Crippen molar-refractivity contribution in [3.05, 3.63) is 41.1 Å². The maximum Gasteiger partial charge on any atom is 0.337 e. The molecule has 1 aromatic carbocycles. The molecule has 156 valence electrons. The maximum atomic E-state index is 12.4. The molecule has 29 heavy (non-hydrogen) atoms. The van der Waals surface area contributed by atoms with Crippen molar-refractivity contribution in [3.8, 4) is 0 Å². The summed E-state index contributed by atoms with van der Waals surface area (Å²) in [5, 5.41) is 5.86. The first-order chi connectivity index (χ1) is 14.0. The van der Waals surface area contributed by atoms with Crippen LogP contribution in [0, 0.1) is 5.92 Å². The number of rotatable bonds is 5. The number of carbonyl (C=O) groups excluding carboxylic acids is 3. The molecule has 2 aliphatic rings. The number of allylic oxidation sites excluding steroid dienone is 1. The summed E-state index contributed by atoms with van der Waals surface area (Å²) in [6.07, 6.45) is 5.30. The zero-order valence-corrected chi connectivity index (χ0v) is 17.3. The van der Waals surface area contributed by atoms with Crippen LogP contribution in [0.3, 0.4) is 0 Å². The van der Waals surface area contributed by atoms with E-state index in [4.69, 9.17) is 4.74 Å². The number of esters is 1. The lowest BCUT2D eigenvalue weighted by Crippen LogP contribution is -2.47. The van der Waals surface area contributed by atoms with Gasteiger partial charge in [-0.1, -0.05) is 31.4 Å². The van der Waals surface area contributed by atoms with Crippen molar-refractivity contribution in [2.75, 3.05) is 19.0 Å².